The predicted octanol–water partition coefficient (Wildman–Crippen LogP) is 5.48. The van der Waals surface area contributed by atoms with Crippen LogP contribution in [0.2, 0.25) is 0 Å². The van der Waals surface area contributed by atoms with Gasteiger partial charge >= 0.3 is 0 Å². The van der Waals surface area contributed by atoms with Crippen LogP contribution in [-0.4, -0.2) is 19.9 Å². The molecule has 0 unspecified atom stereocenters. The zero-order valence-corrected chi connectivity index (χ0v) is 14.3. The molecule has 0 fully saturated rings. The molecular weight excluding hydrogens is 332 g/mol. The minimum absolute atomic E-state index is 0.752. The minimum Gasteiger partial charge on any atom is -0.352 e. The van der Waals surface area contributed by atoms with Crippen LogP contribution in [-0.2, 0) is 0 Å². The van der Waals surface area contributed by atoms with Crippen molar-refractivity contribution in [2.45, 2.75) is 0 Å². The monoisotopic (exact) mass is 346 g/mol. The highest BCUT2D eigenvalue weighted by Crippen LogP contribution is 2.29. The summed E-state index contributed by atoms with van der Waals surface area (Å²) in [5, 5.41) is 2.35. The van der Waals surface area contributed by atoms with E-state index in [9.17, 15) is 0 Å². The summed E-state index contributed by atoms with van der Waals surface area (Å²) in [6.45, 7) is 0. The van der Waals surface area contributed by atoms with E-state index in [4.69, 9.17) is 15.0 Å². The molecule has 27 heavy (non-hydrogen) atoms. The van der Waals surface area contributed by atoms with Gasteiger partial charge in [0.2, 0.25) is 0 Å². The Morgan fingerprint density at radius 2 is 1.33 bits per heavy atom. The van der Waals surface area contributed by atoms with Gasteiger partial charge in [-0.3, -0.25) is 0 Å². The summed E-state index contributed by atoms with van der Waals surface area (Å²) in [6.07, 6.45) is 0. The second-order valence-corrected chi connectivity index (χ2v) is 6.69. The van der Waals surface area contributed by atoms with Crippen LogP contribution in [0.5, 0.6) is 0 Å². The number of para-hydroxylation sites is 2. The van der Waals surface area contributed by atoms with Crippen LogP contribution in [0.15, 0.2) is 78.9 Å². The first kappa shape index (κ1) is 14.4. The summed E-state index contributed by atoms with van der Waals surface area (Å²) >= 11 is 0. The molecule has 0 amide bonds. The van der Waals surface area contributed by atoms with Gasteiger partial charge in [-0.05, 0) is 35.0 Å². The molecule has 0 saturated carbocycles. The Kier molecular flexibility index (Phi) is 2.85. The highest BCUT2D eigenvalue weighted by molar-refractivity contribution is 5.99. The molecular formula is C23H14N4. The number of aromatic amines is 1. The molecule has 4 heteroatoms. The molecule has 6 rings (SSSR count). The Morgan fingerprint density at radius 1 is 0.556 bits per heavy atom. The van der Waals surface area contributed by atoms with Crippen LogP contribution in [0.25, 0.3) is 55.3 Å². The highest BCUT2D eigenvalue weighted by Gasteiger charge is 2.12. The molecule has 0 saturated heterocycles. The van der Waals surface area contributed by atoms with Crippen molar-refractivity contribution < 1.29 is 0 Å². The lowest BCUT2D eigenvalue weighted by Crippen LogP contribution is -1.87. The molecule has 0 radical (unpaired) electrons. The van der Waals surface area contributed by atoms with E-state index in [2.05, 4.69) is 35.3 Å². The number of nitrogens with one attached hydrogen (secondary N) is 1. The number of rotatable bonds is 1. The van der Waals surface area contributed by atoms with E-state index in [0.29, 0.717) is 0 Å². The summed E-state index contributed by atoms with van der Waals surface area (Å²) in [4.78, 5) is 17.8. The first-order valence-electron chi connectivity index (χ1n) is 8.90. The second-order valence-electron chi connectivity index (χ2n) is 6.69. The maximum Gasteiger partial charge on any atom is 0.161 e. The van der Waals surface area contributed by atoms with E-state index in [0.717, 1.165) is 49.9 Å². The molecule has 0 spiro atoms. The van der Waals surface area contributed by atoms with Crippen molar-refractivity contribution in [2.24, 2.45) is 0 Å². The van der Waals surface area contributed by atoms with Crippen molar-refractivity contribution in [1.29, 1.82) is 0 Å². The third kappa shape index (κ3) is 2.20. The third-order valence-electron chi connectivity index (χ3n) is 4.99. The molecule has 0 atom stereocenters. The van der Waals surface area contributed by atoms with Crippen molar-refractivity contribution >= 4 is 43.9 Å². The summed E-state index contributed by atoms with van der Waals surface area (Å²) in [7, 11) is 0. The molecule has 0 aliphatic heterocycles. The number of imidazole rings is 1. The highest BCUT2D eigenvalue weighted by atomic mass is 14.9. The molecule has 6 aromatic rings. The molecule has 0 bridgehead atoms. The zero-order chi connectivity index (χ0) is 17.8. The lowest BCUT2D eigenvalue weighted by molar-refractivity contribution is 1.35. The topological polar surface area (TPSA) is 54.5 Å². The molecule has 2 aromatic heterocycles. The van der Waals surface area contributed by atoms with Crippen LogP contribution < -0.4 is 0 Å². The van der Waals surface area contributed by atoms with E-state index >= 15 is 0 Å². The smallest absolute Gasteiger partial charge is 0.161 e. The standard InChI is InChI=1S/C23H14N4/c1-2-8-15-14(6-1)7-5-9-16(15)23-26-21-12-19-20(13-22(21)27-23)25-18-11-4-3-10-17(18)24-19/h1-13,24H. The molecule has 0 aliphatic rings. The molecule has 4 aromatic carbocycles. The lowest BCUT2D eigenvalue weighted by Gasteiger charge is -2.02. The van der Waals surface area contributed by atoms with Crippen molar-refractivity contribution in [3.05, 3.63) is 78.9 Å². The first-order valence-corrected chi connectivity index (χ1v) is 8.90. The van der Waals surface area contributed by atoms with Crippen LogP contribution >= 0.6 is 0 Å². The average molecular weight is 346 g/mol. The van der Waals surface area contributed by atoms with Crippen molar-refractivity contribution in [2.75, 3.05) is 0 Å². The SMILES string of the molecule is c1ccc2c(-c3nc4cc5nc6ccccc6[nH]c5cc4n3)cccc2c1. The fourth-order valence-electron chi connectivity index (χ4n) is 3.68. The van der Waals surface area contributed by atoms with Gasteiger partial charge in [0.25, 0.3) is 0 Å². The van der Waals surface area contributed by atoms with Crippen LogP contribution in [0.4, 0.5) is 0 Å². The van der Waals surface area contributed by atoms with E-state index in [1.165, 1.54) is 5.39 Å². The Labute approximate surface area is 154 Å². The molecule has 2 heterocycles. The summed E-state index contributed by atoms with van der Waals surface area (Å²) < 4.78 is 0. The van der Waals surface area contributed by atoms with Gasteiger partial charge in [-0.15, -0.1) is 0 Å². The Morgan fingerprint density at radius 3 is 2.30 bits per heavy atom. The van der Waals surface area contributed by atoms with Crippen molar-refractivity contribution in [3.8, 4) is 11.4 Å². The molecule has 0 aliphatic carbocycles. The van der Waals surface area contributed by atoms with Gasteiger partial charge in [0.05, 0.1) is 33.1 Å². The third-order valence-corrected chi connectivity index (χ3v) is 4.99. The van der Waals surface area contributed by atoms with Gasteiger partial charge in [0.1, 0.15) is 0 Å². The van der Waals surface area contributed by atoms with Gasteiger partial charge in [-0.2, -0.15) is 0 Å². The molecule has 1 N–H and O–H groups in total. The van der Waals surface area contributed by atoms with Gasteiger partial charge in [0.15, 0.2) is 5.82 Å². The lowest BCUT2D eigenvalue weighted by atomic mass is 10.0. The largest absolute Gasteiger partial charge is 0.352 e. The van der Waals surface area contributed by atoms with Gasteiger partial charge < -0.3 is 4.98 Å². The summed E-state index contributed by atoms with van der Waals surface area (Å²) in [5.74, 6) is 0.752. The molecule has 4 nitrogen and oxygen atoms in total. The Balaban J connectivity index is 1.62. The summed E-state index contributed by atoms with van der Waals surface area (Å²) in [5.41, 5.74) is 6.60. The van der Waals surface area contributed by atoms with E-state index in [-0.39, 0.29) is 0 Å². The van der Waals surface area contributed by atoms with Crippen LogP contribution in [0, 0.1) is 0 Å². The number of benzene rings is 4. The van der Waals surface area contributed by atoms with E-state index in [1.54, 1.807) is 0 Å². The maximum absolute atomic E-state index is 4.80. The quantitative estimate of drug-likeness (QED) is 0.401. The van der Waals surface area contributed by atoms with Gasteiger partial charge in [0, 0.05) is 5.56 Å². The Bertz CT molecular complexity index is 1400. The number of fused-ring (bicyclic) bond motifs is 4. The molecule has 126 valence electrons. The number of aromatic nitrogens is 4. The predicted molar refractivity (Wildman–Crippen MR) is 110 cm³/mol. The fourth-order valence-corrected chi connectivity index (χ4v) is 3.68. The first-order chi connectivity index (χ1) is 13.3. The maximum atomic E-state index is 4.80. The number of H-pyrrole nitrogens is 1. The van der Waals surface area contributed by atoms with Crippen molar-refractivity contribution in [1.82, 2.24) is 19.9 Å². The van der Waals surface area contributed by atoms with E-state index < -0.39 is 0 Å². The zero-order valence-electron chi connectivity index (χ0n) is 14.3. The Hall–Kier alpha value is -3.79. The minimum atomic E-state index is 0.752. The summed E-state index contributed by atoms with van der Waals surface area (Å²) in [6, 6.07) is 26.6. The van der Waals surface area contributed by atoms with Crippen LogP contribution in [0.1, 0.15) is 0 Å². The second kappa shape index (κ2) is 5.35. The average Bonchev–Trinajstić information content (AvgIpc) is 3.12. The van der Waals surface area contributed by atoms with Gasteiger partial charge in [-0.1, -0.05) is 54.6 Å². The van der Waals surface area contributed by atoms with Gasteiger partial charge in [-0.25, -0.2) is 15.0 Å². The normalized spacial score (nSPS) is 11.7. The van der Waals surface area contributed by atoms with E-state index in [1.807, 2.05) is 48.5 Å². The fraction of sp³-hybridized carbons (Fsp3) is 0. The number of hydrogen-bond donors (Lipinski definition) is 1. The number of nitrogens with zero attached hydrogens (tertiary/aromatic N) is 3. The number of hydrogen-bond acceptors (Lipinski definition) is 3. The van der Waals surface area contributed by atoms with Crippen molar-refractivity contribution in [3.63, 3.8) is 0 Å². The van der Waals surface area contributed by atoms with Crippen LogP contribution in [0.3, 0.4) is 0 Å².